The van der Waals surface area contributed by atoms with Crippen molar-refractivity contribution in [1.29, 1.82) is 0 Å². The molecule has 0 radical (unpaired) electrons. The van der Waals surface area contributed by atoms with Gasteiger partial charge in [0.2, 0.25) is 0 Å². The Labute approximate surface area is 113 Å². The third kappa shape index (κ3) is 3.96. The van der Waals surface area contributed by atoms with Crippen molar-refractivity contribution < 1.29 is 5.11 Å². The van der Waals surface area contributed by atoms with Gasteiger partial charge in [0.1, 0.15) is 0 Å². The number of rotatable bonds is 5. The van der Waals surface area contributed by atoms with E-state index in [1.165, 1.54) is 70.8 Å². The van der Waals surface area contributed by atoms with Crippen molar-refractivity contribution in [2.24, 2.45) is 11.3 Å². The van der Waals surface area contributed by atoms with E-state index >= 15 is 0 Å². The molecule has 0 unspecified atom stereocenters. The predicted molar refractivity (Wildman–Crippen MR) is 76.7 cm³/mol. The summed E-state index contributed by atoms with van der Waals surface area (Å²) < 4.78 is 0. The largest absolute Gasteiger partial charge is 0.396 e. The Bertz CT molecular complexity index is 229. The summed E-state index contributed by atoms with van der Waals surface area (Å²) in [5.41, 5.74) is 0.224. The molecule has 0 aromatic rings. The summed E-state index contributed by atoms with van der Waals surface area (Å²) in [5, 5.41) is 9.77. The fraction of sp³-hybridized carbons (Fsp3) is 1.00. The van der Waals surface area contributed by atoms with Gasteiger partial charge in [-0.2, -0.15) is 0 Å². The smallest absolute Gasteiger partial charge is 0.0499 e. The first-order valence-corrected chi connectivity index (χ1v) is 8.03. The van der Waals surface area contributed by atoms with Crippen LogP contribution in [0.3, 0.4) is 0 Å². The molecule has 2 aliphatic rings. The second-order valence-electron chi connectivity index (χ2n) is 6.92. The number of aliphatic hydroxyl groups excluding tert-OH is 1. The highest BCUT2D eigenvalue weighted by Gasteiger charge is 2.32. The Morgan fingerprint density at radius 2 is 1.61 bits per heavy atom. The van der Waals surface area contributed by atoms with Crippen molar-refractivity contribution in [1.82, 2.24) is 4.90 Å². The molecule has 0 amide bonds. The van der Waals surface area contributed by atoms with E-state index in [-0.39, 0.29) is 5.41 Å². The molecule has 1 N–H and O–H groups in total. The molecule has 0 bridgehead atoms. The van der Waals surface area contributed by atoms with Crippen molar-refractivity contribution in [3.8, 4) is 0 Å². The minimum Gasteiger partial charge on any atom is -0.396 e. The summed E-state index contributed by atoms with van der Waals surface area (Å²) in [6.45, 7) is 2.75. The maximum Gasteiger partial charge on any atom is 0.0499 e. The highest BCUT2D eigenvalue weighted by atomic mass is 16.3. The lowest BCUT2D eigenvalue weighted by molar-refractivity contribution is 0.0422. The van der Waals surface area contributed by atoms with Gasteiger partial charge in [-0.3, -0.25) is 0 Å². The minimum absolute atomic E-state index is 0.224. The van der Waals surface area contributed by atoms with E-state index in [2.05, 4.69) is 11.9 Å². The van der Waals surface area contributed by atoms with E-state index in [4.69, 9.17) is 0 Å². The maximum atomic E-state index is 9.77. The number of aliphatic hydroxyl groups is 1. The maximum absolute atomic E-state index is 9.77. The molecule has 2 aliphatic carbocycles. The molecule has 0 aromatic heterocycles. The molecule has 0 heterocycles. The van der Waals surface area contributed by atoms with Gasteiger partial charge in [-0.05, 0) is 38.6 Å². The van der Waals surface area contributed by atoms with Crippen molar-refractivity contribution in [3.63, 3.8) is 0 Å². The topological polar surface area (TPSA) is 23.5 Å². The number of hydrogen-bond donors (Lipinski definition) is 1. The summed E-state index contributed by atoms with van der Waals surface area (Å²) in [6.07, 6.45) is 13.6. The van der Waals surface area contributed by atoms with Crippen LogP contribution in [0.5, 0.6) is 0 Å². The standard InChI is InChI=1S/C16H31NO/c1-17(12-15-8-4-2-5-9-15)13-16(14-18)10-6-3-7-11-16/h15,18H,2-14H2,1H3. The summed E-state index contributed by atoms with van der Waals surface area (Å²) in [7, 11) is 2.26. The van der Waals surface area contributed by atoms with Crippen molar-refractivity contribution in [2.75, 3.05) is 26.7 Å². The zero-order valence-electron chi connectivity index (χ0n) is 12.2. The monoisotopic (exact) mass is 253 g/mol. The normalized spacial score (nSPS) is 25.5. The highest BCUT2D eigenvalue weighted by Crippen LogP contribution is 2.36. The van der Waals surface area contributed by atoms with Crippen LogP contribution < -0.4 is 0 Å². The number of nitrogens with zero attached hydrogens (tertiary/aromatic N) is 1. The van der Waals surface area contributed by atoms with Crippen molar-refractivity contribution >= 4 is 0 Å². The van der Waals surface area contributed by atoms with Crippen LogP contribution in [-0.4, -0.2) is 36.8 Å². The average molecular weight is 253 g/mol. The quantitative estimate of drug-likeness (QED) is 0.811. The van der Waals surface area contributed by atoms with Gasteiger partial charge in [-0.25, -0.2) is 0 Å². The van der Waals surface area contributed by atoms with Crippen LogP contribution in [0.1, 0.15) is 64.2 Å². The van der Waals surface area contributed by atoms with Crippen LogP contribution in [0, 0.1) is 11.3 Å². The fourth-order valence-electron chi connectivity index (χ4n) is 4.12. The lowest BCUT2D eigenvalue weighted by atomic mass is 9.74. The van der Waals surface area contributed by atoms with Crippen LogP contribution >= 0.6 is 0 Å². The molecule has 2 rings (SSSR count). The Kier molecular flexibility index (Phi) is 5.50. The van der Waals surface area contributed by atoms with E-state index in [0.29, 0.717) is 6.61 Å². The average Bonchev–Trinajstić information content (AvgIpc) is 2.41. The van der Waals surface area contributed by atoms with E-state index in [0.717, 1.165) is 12.5 Å². The van der Waals surface area contributed by atoms with Crippen LogP contribution in [0.15, 0.2) is 0 Å². The molecule has 2 saturated carbocycles. The third-order valence-corrected chi connectivity index (χ3v) is 5.15. The van der Waals surface area contributed by atoms with Gasteiger partial charge in [0.25, 0.3) is 0 Å². The molecular weight excluding hydrogens is 222 g/mol. The van der Waals surface area contributed by atoms with Gasteiger partial charge in [0.05, 0.1) is 0 Å². The lowest BCUT2D eigenvalue weighted by Crippen LogP contribution is -2.41. The van der Waals surface area contributed by atoms with Crippen molar-refractivity contribution in [3.05, 3.63) is 0 Å². The van der Waals surface area contributed by atoms with Gasteiger partial charge >= 0.3 is 0 Å². The van der Waals surface area contributed by atoms with Gasteiger partial charge in [0, 0.05) is 25.1 Å². The van der Waals surface area contributed by atoms with Crippen LogP contribution in [0.25, 0.3) is 0 Å². The summed E-state index contributed by atoms with van der Waals surface area (Å²) in [6, 6.07) is 0. The van der Waals surface area contributed by atoms with Gasteiger partial charge in [0.15, 0.2) is 0 Å². The fourth-order valence-corrected chi connectivity index (χ4v) is 4.12. The lowest BCUT2D eigenvalue weighted by Gasteiger charge is -2.40. The van der Waals surface area contributed by atoms with E-state index in [1.54, 1.807) is 0 Å². The van der Waals surface area contributed by atoms with Gasteiger partial charge < -0.3 is 10.0 Å². The Hall–Kier alpha value is -0.0800. The second kappa shape index (κ2) is 6.91. The van der Waals surface area contributed by atoms with E-state index < -0.39 is 0 Å². The summed E-state index contributed by atoms with van der Waals surface area (Å²) in [4.78, 5) is 2.51. The second-order valence-corrected chi connectivity index (χ2v) is 6.92. The highest BCUT2D eigenvalue weighted by molar-refractivity contribution is 4.85. The third-order valence-electron chi connectivity index (χ3n) is 5.15. The van der Waals surface area contributed by atoms with Gasteiger partial charge in [-0.15, -0.1) is 0 Å². The van der Waals surface area contributed by atoms with Crippen LogP contribution in [-0.2, 0) is 0 Å². The Morgan fingerprint density at radius 1 is 1.00 bits per heavy atom. The van der Waals surface area contributed by atoms with E-state index in [9.17, 15) is 5.11 Å². The minimum atomic E-state index is 0.224. The first-order valence-electron chi connectivity index (χ1n) is 8.03. The molecular formula is C16H31NO. The molecule has 0 aliphatic heterocycles. The van der Waals surface area contributed by atoms with Crippen LogP contribution in [0.2, 0.25) is 0 Å². The van der Waals surface area contributed by atoms with Gasteiger partial charge in [-0.1, -0.05) is 38.5 Å². The van der Waals surface area contributed by atoms with Crippen molar-refractivity contribution in [2.45, 2.75) is 64.2 Å². The Balaban J connectivity index is 1.78. The Morgan fingerprint density at radius 3 is 2.22 bits per heavy atom. The van der Waals surface area contributed by atoms with E-state index in [1.807, 2.05) is 0 Å². The predicted octanol–water partition coefficient (Wildman–Crippen LogP) is 3.44. The number of hydrogen-bond acceptors (Lipinski definition) is 2. The summed E-state index contributed by atoms with van der Waals surface area (Å²) in [5.74, 6) is 0.920. The zero-order valence-corrected chi connectivity index (χ0v) is 12.2. The molecule has 2 fully saturated rings. The zero-order chi connectivity index (χ0) is 12.8. The molecule has 18 heavy (non-hydrogen) atoms. The molecule has 0 aromatic carbocycles. The van der Waals surface area contributed by atoms with Crippen LogP contribution in [0.4, 0.5) is 0 Å². The summed E-state index contributed by atoms with van der Waals surface area (Å²) >= 11 is 0. The molecule has 106 valence electrons. The molecule has 0 spiro atoms. The molecule has 2 nitrogen and oxygen atoms in total. The first-order chi connectivity index (χ1) is 8.74. The SMILES string of the molecule is CN(CC1CCCCC1)CC1(CO)CCCCC1. The molecule has 0 saturated heterocycles. The first kappa shape index (κ1) is 14.3. The molecule has 2 heteroatoms. The molecule has 0 atom stereocenters.